The predicted octanol–water partition coefficient (Wildman–Crippen LogP) is 2.53. The van der Waals surface area contributed by atoms with Crippen LogP contribution in [0.15, 0.2) is 42.5 Å². The summed E-state index contributed by atoms with van der Waals surface area (Å²) in [5.41, 5.74) is 3.41. The van der Waals surface area contributed by atoms with E-state index in [1.54, 1.807) is 0 Å². The molecule has 2 rings (SSSR count). The third-order valence-electron chi connectivity index (χ3n) is 2.91. The number of rotatable bonds is 4. The van der Waals surface area contributed by atoms with Gasteiger partial charge in [0, 0.05) is 0 Å². The standard InChI is InChI=1S/C16H16O2Se/c1-11-8-12(2)15(16(17)18)13(9-11)10-19-14-6-4-3-5-7-14/h3-9H,10H2,1-2H3,(H,17,18). The van der Waals surface area contributed by atoms with Crippen LogP contribution in [0.5, 0.6) is 0 Å². The van der Waals surface area contributed by atoms with Crippen molar-refractivity contribution in [1.82, 2.24) is 0 Å². The van der Waals surface area contributed by atoms with Gasteiger partial charge in [-0.3, -0.25) is 0 Å². The van der Waals surface area contributed by atoms with E-state index in [1.165, 1.54) is 4.46 Å². The summed E-state index contributed by atoms with van der Waals surface area (Å²) in [6, 6.07) is 14.2. The molecular formula is C16H16O2Se. The van der Waals surface area contributed by atoms with Gasteiger partial charge in [0.25, 0.3) is 0 Å². The summed E-state index contributed by atoms with van der Waals surface area (Å²) in [7, 11) is 0. The van der Waals surface area contributed by atoms with Crippen LogP contribution in [-0.2, 0) is 5.32 Å². The molecule has 0 saturated heterocycles. The van der Waals surface area contributed by atoms with Gasteiger partial charge in [-0.05, 0) is 0 Å². The van der Waals surface area contributed by atoms with Crippen molar-refractivity contribution < 1.29 is 9.90 Å². The van der Waals surface area contributed by atoms with E-state index < -0.39 is 5.97 Å². The summed E-state index contributed by atoms with van der Waals surface area (Å²) in [5.74, 6) is -0.823. The molecule has 0 bridgehead atoms. The Morgan fingerprint density at radius 2 is 1.84 bits per heavy atom. The number of benzene rings is 2. The Hall–Kier alpha value is -1.57. The average Bonchev–Trinajstić information content (AvgIpc) is 2.36. The summed E-state index contributed by atoms with van der Waals surface area (Å²) in [4.78, 5) is 11.4. The second kappa shape index (κ2) is 6.05. The first kappa shape index (κ1) is 13.9. The van der Waals surface area contributed by atoms with Gasteiger partial charge in [-0.15, -0.1) is 0 Å². The molecule has 0 fully saturated rings. The van der Waals surface area contributed by atoms with Crippen molar-refractivity contribution in [3.05, 3.63) is 64.7 Å². The van der Waals surface area contributed by atoms with E-state index in [9.17, 15) is 9.90 Å². The van der Waals surface area contributed by atoms with Crippen LogP contribution in [0.2, 0.25) is 0 Å². The molecule has 0 aliphatic rings. The summed E-state index contributed by atoms with van der Waals surface area (Å²) in [5, 5.41) is 10.2. The molecule has 3 heteroatoms. The third-order valence-corrected chi connectivity index (χ3v) is 5.14. The normalized spacial score (nSPS) is 10.4. The summed E-state index contributed by atoms with van der Waals surface area (Å²) >= 11 is 0.270. The molecule has 1 N–H and O–H groups in total. The van der Waals surface area contributed by atoms with Gasteiger partial charge in [0.15, 0.2) is 0 Å². The van der Waals surface area contributed by atoms with Crippen LogP contribution in [0.1, 0.15) is 27.0 Å². The molecule has 2 aromatic carbocycles. The number of aryl methyl sites for hydroxylation is 2. The second-order valence-electron chi connectivity index (χ2n) is 4.52. The van der Waals surface area contributed by atoms with E-state index >= 15 is 0 Å². The van der Waals surface area contributed by atoms with Gasteiger partial charge >= 0.3 is 119 Å². The quantitative estimate of drug-likeness (QED) is 0.880. The first-order valence-electron chi connectivity index (χ1n) is 6.09. The molecule has 0 saturated carbocycles. The van der Waals surface area contributed by atoms with Crippen molar-refractivity contribution in [1.29, 1.82) is 0 Å². The van der Waals surface area contributed by atoms with Crippen molar-refractivity contribution in [3.63, 3.8) is 0 Å². The number of hydrogen-bond donors (Lipinski definition) is 1. The number of carboxylic acids is 1. The van der Waals surface area contributed by atoms with Crippen molar-refractivity contribution in [2.24, 2.45) is 0 Å². The first-order chi connectivity index (χ1) is 9.08. The second-order valence-corrected chi connectivity index (χ2v) is 6.72. The zero-order valence-electron chi connectivity index (χ0n) is 11.0. The fourth-order valence-corrected chi connectivity index (χ4v) is 4.04. The minimum absolute atomic E-state index is 0.270. The first-order valence-corrected chi connectivity index (χ1v) is 8.16. The molecule has 0 atom stereocenters. The Bertz CT molecular complexity index is 591. The van der Waals surface area contributed by atoms with Crippen LogP contribution in [0, 0.1) is 13.8 Å². The van der Waals surface area contributed by atoms with Crippen molar-refractivity contribution in [2.45, 2.75) is 19.2 Å². The van der Waals surface area contributed by atoms with E-state index in [-0.39, 0.29) is 15.0 Å². The van der Waals surface area contributed by atoms with Gasteiger partial charge in [-0.25, -0.2) is 0 Å². The molecule has 98 valence electrons. The fourth-order valence-electron chi connectivity index (χ4n) is 2.15. The zero-order valence-corrected chi connectivity index (χ0v) is 12.7. The molecule has 2 aromatic rings. The number of hydrogen-bond acceptors (Lipinski definition) is 1. The molecular weight excluding hydrogens is 303 g/mol. The molecule has 2 nitrogen and oxygen atoms in total. The van der Waals surface area contributed by atoms with Crippen LogP contribution >= 0.6 is 0 Å². The SMILES string of the molecule is Cc1cc(C)c(C(=O)O)c(C[Se]c2ccccc2)c1. The molecule has 0 heterocycles. The predicted molar refractivity (Wildman–Crippen MR) is 78.4 cm³/mol. The van der Waals surface area contributed by atoms with Gasteiger partial charge in [-0.2, -0.15) is 0 Å². The average molecular weight is 319 g/mol. The maximum atomic E-state index is 11.4. The molecule has 0 radical (unpaired) electrons. The van der Waals surface area contributed by atoms with Crippen LogP contribution in [-0.4, -0.2) is 26.0 Å². The van der Waals surface area contributed by atoms with Crippen molar-refractivity contribution in [2.75, 3.05) is 0 Å². The minimum atomic E-state index is -0.823. The number of carboxylic acid groups (broad SMARTS) is 1. The Labute approximate surface area is 119 Å². The van der Waals surface area contributed by atoms with E-state index in [0.29, 0.717) is 5.56 Å². The van der Waals surface area contributed by atoms with Crippen LogP contribution in [0.25, 0.3) is 0 Å². The Morgan fingerprint density at radius 1 is 1.16 bits per heavy atom. The molecule has 0 aromatic heterocycles. The molecule has 0 unspecified atom stereocenters. The van der Waals surface area contributed by atoms with Gasteiger partial charge < -0.3 is 0 Å². The van der Waals surface area contributed by atoms with E-state index in [2.05, 4.69) is 12.1 Å². The summed E-state index contributed by atoms with van der Waals surface area (Å²) in [6.07, 6.45) is 0. The molecule has 0 spiro atoms. The van der Waals surface area contributed by atoms with E-state index in [0.717, 1.165) is 22.0 Å². The molecule has 0 aliphatic carbocycles. The van der Waals surface area contributed by atoms with Crippen molar-refractivity contribution >= 4 is 25.4 Å². The Morgan fingerprint density at radius 3 is 2.47 bits per heavy atom. The Balaban J connectivity index is 2.27. The number of carbonyl (C=O) groups is 1. The van der Waals surface area contributed by atoms with Gasteiger partial charge in [0.05, 0.1) is 0 Å². The third kappa shape index (κ3) is 3.46. The molecule has 0 aliphatic heterocycles. The van der Waals surface area contributed by atoms with Crippen molar-refractivity contribution in [3.8, 4) is 0 Å². The monoisotopic (exact) mass is 320 g/mol. The van der Waals surface area contributed by atoms with E-state index in [4.69, 9.17) is 0 Å². The van der Waals surface area contributed by atoms with Crippen LogP contribution in [0.4, 0.5) is 0 Å². The van der Waals surface area contributed by atoms with Crippen LogP contribution in [0.3, 0.4) is 0 Å². The van der Waals surface area contributed by atoms with Gasteiger partial charge in [-0.1, -0.05) is 0 Å². The fraction of sp³-hybridized carbons (Fsp3) is 0.188. The molecule has 0 amide bonds. The summed E-state index contributed by atoms with van der Waals surface area (Å²) in [6.45, 7) is 3.88. The number of aromatic carboxylic acids is 1. The van der Waals surface area contributed by atoms with E-state index in [1.807, 2.05) is 44.2 Å². The zero-order chi connectivity index (χ0) is 13.8. The molecule has 19 heavy (non-hydrogen) atoms. The Kier molecular flexibility index (Phi) is 4.41. The summed E-state index contributed by atoms with van der Waals surface area (Å²) < 4.78 is 1.30. The van der Waals surface area contributed by atoms with Crippen LogP contribution < -0.4 is 4.46 Å². The topological polar surface area (TPSA) is 37.3 Å². The van der Waals surface area contributed by atoms with Gasteiger partial charge in [0.1, 0.15) is 0 Å². The van der Waals surface area contributed by atoms with Gasteiger partial charge in [0.2, 0.25) is 0 Å². The maximum absolute atomic E-state index is 11.4.